The zero-order chi connectivity index (χ0) is 14.9. The molecule has 5 heteroatoms. The molecule has 1 saturated heterocycles. The molecule has 1 aliphatic carbocycles. The molecule has 0 bridgehead atoms. The fourth-order valence-corrected chi connectivity index (χ4v) is 3.04. The van der Waals surface area contributed by atoms with Gasteiger partial charge < -0.3 is 10.2 Å². The number of carbonyl (C=O) groups is 1. The van der Waals surface area contributed by atoms with E-state index in [0.29, 0.717) is 11.6 Å². The molecule has 1 N–H and O–H groups in total. The second kappa shape index (κ2) is 5.55. The maximum Gasteiger partial charge on any atom is 0.251 e. The molecule has 2 fully saturated rings. The van der Waals surface area contributed by atoms with Crippen molar-refractivity contribution in [1.82, 2.24) is 15.3 Å². The summed E-state index contributed by atoms with van der Waals surface area (Å²) >= 11 is 0. The van der Waals surface area contributed by atoms with Gasteiger partial charge in [0.05, 0.1) is 5.52 Å². The molecule has 0 radical (unpaired) electrons. The van der Waals surface area contributed by atoms with Gasteiger partial charge in [0.2, 0.25) is 0 Å². The standard InChI is InChI=1S/C17H20N4O/c22-17(20-13-5-6-13)12-4-7-15-14(10-12)16(19-11-18-15)21-8-2-1-3-9-21/h4,7,10-11,13H,1-3,5-6,8-9H2,(H,20,22). The van der Waals surface area contributed by atoms with Crippen LogP contribution in [0.1, 0.15) is 42.5 Å². The van der Waals surface area contributed by atoms with Gasteiger partial charge in [-0.3, -0.25) is 4.79 Å². The first-order valence-corrected chi connectivity index (χ1v) is 8.12. The number of fused-ring (bicyclic) bond motifs is 1. The number of carbonyl (C=O) groups excluding carboxylic acids is 1. The van der Waals surface area contributed by atoms with Crippen molar-refractivity contribution in [2.45, 2.75) is 38.1 Å². The molecule has 114 valence electrons. The van der Waals surface area contributed by atoms with Crippen LogP contribution in [0.5, 0.6) is 0 Å². The number of amides is 1. The van der Waals surface area contributed by atoms with E-state index in [4.69, 9.17) is 0 Å². The summed E-state index contributed by atoms with van der Waals surface area (Å²) in [5, 5.41) is 4.02. The number of rotatable bonds is 3. The van der Waals surface area contributed by atoms with Crippen LogP contribution in [0.4, 0.5) is 5.82 Å². The van der Waals surface area contributed by atoms with E-state index in [0.717, 1.165) is 42.7 Å². The molecule has 2 aromatic rings. The van der Waals surface area contributed by atoms with Gasteiger partial charge >= 0.3 is 0 Å². The van der Waals surface area contributed by atoms with Crippen molar-refractivity contribution >= 4 is 22.6 Å². The van der Waals surface area contributed by atoms with Crippen LogP contribution in [0.2, 0.25) is 0 Å². The average Bonchev–Trinajstić information content (AvgIpc) is 3.38. The summed E-state index contributed by atoms with van der Waals surface area (Å²) in [5.74, 6) is 0.976. The van der Waals surface area contributed by atoms with E-state index in [2.05, 4.69) is 20.2 Å². The van der Waals surface area contributed by atoms with Gasteiger partial charge in [-0.1, -0.05) is 0 Å². The predicted molar refractivity (Wildman–Crippen MR) is 86.1 cm³/mol. The molecule has 22 heavy (non-hydrogen) atoms. The third-order valence-corrected chi connectivity index (χ3v) is 4.44. The molecule has 1 amide bonds. The van der Waals surface area contributed by atoms with E-state index in [1.165, 1.54) is 19.3 Å². The van der Waals surface area contributed by atoms with Gasteiger partial charge in [0.15, 0.2) is 0 Å². The number of anilines is 1. The highest BCUT2D eigenvalue weighted by atomic mass is 16.1. The number of aromatic nitrogens is 2. The maximum atomic E-state index is 12.3. The Morgan fingerprint density at radius 2 is 1.95 bits per heavy atom. The summed E-state index contributed by atoms with van der Waals surface area (Å²) in [6.45, 7) is 2.06. The van der Waals surface area contributed by atoms with Gasteiger partial charge in [-0.2, -0.15) is 0 Å². The zero-order valence-corrected chi connectivity index (χ0v) is 12.6. The molecule has 0 unspecified atom stereocenters. The lowest BCUT2D eigenvalue weighted by Crippen LogP contribution is -2.30. The van der Waals surface area contributed by atoms with Gasteiger partial charge in [-0.05, 0) is 50.3 Å². The molecule has 0 spiro atoms. The maximum absolute atomic E-state index is 12.3. The minimum Gasteiger partial charge on any atom is -0.356 e. The van der Waals surface area contributed by atoms with Crippen LogP contribution in [0.25, 0.3) is 10.9 Å². The molecule has 1 aromatic carbocycles. The molecule has 2 aliphatic rings. The quantitative estimate of drug-likeness (QED) is 0.945. The van der Waals surface area contributed by atoms with Crippen molar-refractivity contribution in [3.05, 3.63) is 30.1 Å². The Hall–Kier alpha value is -2.17. The number of nitrogens with zero attached hydrogens (tertiary/aromatic N) is 3. The average molecular weight is 296 g/mol. The lowest BCUT2D eigenvalue weighted by molar-refractivity contribution is 0.0951. The highest BCUT2D eigenvalue weighted by Gasteiger charge is 2.24. The zero-order valence-electron chi connectivity index (χ0n) is 12.6. The third-order valence-electron chi connectivity index (χ3n) is 4.44. The van der Waals surface area contributed by atoms with E-state index in [1.807, 2.05) is 18.2 Å². The third kappa shape index (κ3) is 2.63. The second-order valence-corrected chi connectivity index (χ2v) is 6.22. The van der Waals surface area contributed by atoms with Crippen molar-refractivity contribution in [2.75, 3.05) is 18.0 Å². The molecular formula is C17H20N4O. The van der Waals surface area contributed by atoms with Crippen LogP contribution in [-0.2, 0) is 0 Å². The fraction of sp³-hybridized carbons (Fsp3) is 0.471. The Morgan fingerprint density at radius 1 is 1.14 bits per heavy atom. The smallest absolute Gasteiger partial charge is 0.251 e. The molecule has 4 rings (SSSR count). The molecule has 0 atom stereocenters. The Labute approximate surface area is 129 Å². The van der Waals surface area contributed by atoms with E-state index in [1.54, 1.807) is 6.33 Å². The number of hydrogen-bond acceptors (Lipinski definition) is 4. The lowest BCUT2D eigenvalue weighted by atomic mass is 10.1. The van der Waals surface area contributed by atoms with Crippen molar-refractivity contribution in [3.8, 4) is 0 Å². The van der Waals surface area contributed by atoms with Gasteiger partial charge in [0.25, 0.3) is 5.91 Å². The minimum atomic E-state index is 0.0119. The van der Waals surface area contributed by atoms with E-state index in [9.17, 15) is 4.79 Å². The van der Waals surface area contributed by atoms with Crippen LogP contribution in [-0.4, -0.2) is 35.0 Å². The van der Waals surface area contributed by atoms with Crippen molar-refractivity contribution < 1.29 is 4.79 Å². The molecule has 1 saturated carbocycles. The first-order valence-electron chi connectivity index (χ1n) is 8.12. The lowest BCUT2D eigenvalue weighted by Gasteiger charge is -2.28. The predicted octanol–water partition coefficient (Wildman–Crippen LogP) is 2.51. The Kier molecular flexibility index (Phi) is 3.41. The van der Waals surface area contributed by atoms with Crippen LogP contribution >= 0.6 is 0 Å². The SMILES string of the molecule is O=C(NC1CC1)c1ccc2ncnc(N3CCCCC3)c2c1. The summed E-state index contributed by atoms with van der Waals surface area (Å²) in [6.07, 6.45) is 7.51. The highest BCUT2D eigenvalue weighted by molar-refractivity contribution is 6.00. The molecular weight excluding hydrogens is 276 g/mol. The number of piperidine rings is 1. The van der Waals surface area contributed by atoms with E-state index >= 15 is 0 Å². The highest BCUT2D eigenvalue weighted by Crippen LogP contribution is 2.27. The first-order chi connectivity index (χ1) is 10.8. The summed E-state index contributed by atoms with van der Waals surface area (Å²) in [5.41, 5.74) is 1.60. The minimum absolute atomic E-state index is 0.0119. The van der Waals surface area contributed by atoms with Crippen molar-refractivity contribution in [2.24, 2.45) is 0 Å². The number of hydrogen-bond donors (Lipinski definition) is 1. The molecule has 1 aliphatic heterocycles. The van der Waals surface area contributed by atoms with Crippen LogP contribution in [0, 0.1) is 0 Å². The second-order valence-electron chi connectivity index (χ2n) is 6.22. The topological polar surface area (TPSA) is 58.1 Å². The summed E-state index contributed by atoms with van der Waals surface area (Å²) in [4.78, 5) is 23.4. The van der Waals surface area contributed by atoms with E-state index in [-0.39, 0.29) is 5.91 Å². The van der Waals surface area contributed by atoms with Gasteiger partial charge in [-0.15, -0.1) is 0 Å². The summed E-state index contributed by atoms with van der Waals surface area (Å²) in [6, 6.07) is 6.09. The normalized spacial score (nSPS) is 18.5. The monoisotopic (exact) mass is 296 g/mol. The first kappa shape index (κ1) is 13.5. The van der Waals surface area contributed by atoms with Crippen molar-refractivity contribution in [1.29, 1.82) is 0 Å². The molecule has 2 heterocycles. The number of nitrogens with one attached hydrogen (secondary N) is 1. The van der Waals surface area contributed by atoms with Crippen LogP contribution in [0.3, 0.4) is 0 Å². The Balaban J connectivity index is 1.71. The number of benzene rings is 1. The fourth-order valence-electron chi connectivity index (χ4n) is 3.04. The van der Waals surface area contributed by atoms with E-state index < -0.39 is 0 Å². The van der Waals surface area contributed by atoms with Crippen LogP contribution < -0.4 is 10.2 Å². The van der Waals surface area contributed by atoms with Gasteiger partial charge in [0, 0.05) is 30.1 Å². The Bertz CT molecular complexity index is 705. The molecule has 5 nitrogen and oxygen atoms in total. The largest absolute Gasteiger partial charge is 0.356 e. The summed E-state index contributed by atoms with van der Waals surface area (Å²) < 4.78 is 0. The van der Waals surface area contributed by atoms with Gasteiger partial charge in [-0.25, -0.2) is 9.97 Å². The Morgan fingerprint density at radius 3 is 2.73 bits per heavy atom. The molecule has 1 aromatic heterocycles. The van der Waals surface area contributed by atoms with Gasteiger partial charge in [0.1, 0.15) is 12.1 Å². The van der Waals surface area contributed by atoms with Crippen LogP contribution in [0.15, 0.2) is 24.5 Å². The summed E-state index contributed by atoms with van der Waals surface area (Å²) in [7, 11) is 0. The van der Waals surface area contributed by atoms with Crippen molar-refractivity contribution in [3.63, 3.8) is 0 Å².